The number of carbonyl (C=O) groups is 1. The quantitative estimate of drug-likeness (QED) is 0.649. The van der Waals surface area contributed by atoms with Crippen molar-refractivity contribution in [2.24, 2.45) is 0 Å². The van der Waals surface area contributed by atoms with Crippen molar-refractivity contribution in [1.29, 1.82) is 0 Å². The van der Waals surface area contributed by atoms with E-state index in [9.17, 15) is 9.90 Å². The third-order valence-electron chi connectivity index (χ3n) is 1.34. The Bertz CT molecular complexity index is 271. The highest BCUT2D eigenvalue weighted by Crippen LogP contribution is 2.15. The molecule has 0 saturated heterocycles. The molecule has 55 valence electrons. The first-order valence-corrected chi connectivity index (χ1v) is 3.71. The molecule has 0 amide bonds. The van der Waals surface area contributed by atoms with E-state index in [1.807, 2.05) is 0 Å². The van der Waals surface area contributed by atoms with E-state index in [-0.39, 0.29) is 17.6 Å². The summed E-state index contributed by atoms with van der Waals surface area (Å²) in [5.74, 6) is 0.166. The molecule has 1 aromatic carbocycles. The Morgan fingerprint density at radius 3 is 2.64 bits per heavy atom. The fourth-order valence-corrected chi connectivity index (χ4v) is 1.02. The number of hydrogen-bond donors (Lipinski definition) is 1. The maximum atomic E-state index is 10.6. The largest absolute Gasteiger partial charge is 0.508 e. The van der Waals surface area contributed by atoms with E-state index in [4.69, 9.17) is 0 Å². The number of para-hydroxylation sites is 1. The molecule has 0 fully saturated rings. The van der Waals surface area contributed by atoms with Crippen LogP contribution in [0.5, 0.6) is 5.75 Å². The van der Waals surface area contributed by atoms with Crippen molar-refractivity contribution >= 4 is 15.6 Å². The molecule has 0 heterocycles. The molecule has 2 nitrogen and oxygen atoms in total. The third kappa shape index (κ3) is 2.20. The Labute approximate surface area is 68.3 Å². The second-order valence-corrected chi connectivity index (χ2v) is 2.79. The van der Waals surface area contributed by atoms with E-state index in [1.54, 1.807) is 24.3 Å². The Balaban J connectivity index is 2.86. The zero-order chi connectivity index (χ0) is 8.27. The Kier molecular flexibility index (Phi) is 2.43. The first kappa shape index (κ1) is 8.01. The van der Waals surface area contributed by atoms with Crippen molar-refractivity contribution in [2.75, 3.05) is 0 Å². The fraction of sp³-hybridized carbons (Fsp3) is 0.125. The van der Waals surface area contributed by atoms with Gasteiger partial charge in [0.1, 0.15) is 21.4 Å². The van der Waals surface area contributed by atoms with E-state index in [0.717, 1.165) is 0 Å². The second kappa shape index (κ2) is 3.34. The second-order valence-electron chi connectivity index (χ2n) is 2.23. The molecule has 0 spiro atoms. The number of benzene rings is 1. The summed E-state index contributed by atoms with van der Waals surface area (Å²) in [4.78, 5) is 10.6. The van der Waals surface area contributed by atoms with Gasteiger partial charge in [-0.05, 0) is 6.07 Å². The van der Waals surface area contributed by atoms with Gasteiger partial charge in [0.25, 0.3) is 0 Å². The van der Waals surface area contributed by atoms with Crippen molar-refractivity contribution < 1.29 is 9.90 Å². The van der Waals surface area contributed by atoms with Crippen LogP contribution in [0.25, 0.3) is 0 Å². The van der Waals surface area contributed by atoms with Gasteiger partial charge in [-0.1, -0.05) is 18.2 Å². The summed E-state index contributed by atoms with van der Waals surface area (Å²) in [6.07, 6.45) is 0.226. The molecule has 3 heteroatoms. The fourth-order valence-electron chi connectivity index (χ4n) is 0.833. The van der Waals surface area contributed by atoms with Crippen molar-refractivity contribution in [3.8, 4) is 5.75 Å². The molecule has 0 aliphatic heterocycles. The Morgan fingerprint density at radius 1 is 1.45 bits per heavy atom. The third-order valence-corrected chi connectivity index (χ3v) is 1.52. The van der Waals surface area contributed by atoms with Crippen LogP contribution in [0.3, 0.4) is 0 Å². The summed E-state index contributed by atoms with van der Waals surface area (Å²) < 4.78 is 0. The number of rotatable bonds is 2. The minimum Gasteiger partial charge on any atom is -0.508 e. The zero-order valence-corrected chi connectivity index (χ0v) is 6.87. The van der Waals surface area contributed by atoms with Crippen LogP contribution in [0, 0.1) is 0 Å². The summed E-state index contributed by atoms with van der Waals surface area (Å²) in [6, 6.07) is 6.78. The summed E-state index contributed by atoms with van der Waals surface area (Å²) in [5.41, 5.74) is 0.646. The SMILES string of the molecule is O=C([Si])Cc1ccccc1O. The Hall–Kier alpha value is -1.09. The van der Waals surface area contributed by atoms with Gasteiger partial charge in [-0.25, -0.2) is 0 Å². The van der Waals surface area contributed by atoms with E-state index < -0.39 is 0 Å². The maximum absolute atomic E-state index is 10.6. The van der Waals surface area contributed by atoms with Crippen LogP contribution >= 0.6 is 0 Å². The lowest BCUT2D eigenvalue weighted by molar-refractivity contribution is -0.111. The molecule has 1 N–H and O–H groups in total. The minimum atomic E-state index is -0.133. The van der Waals surface area contributed by atoms with Crippen molar-refractivity contribution in [2.45, 2.75) is 6.42 Å². The highest BCUT2D eigenvalue weighted by molar-refractivity contribution is 6.57. The molecule has 1 aromatic rings. The topological polar surface area (TPSA) is 37.3 Å². The first-order chi connectivity index (χ1) is 5.20. The highest BCUT2D eigenvalue weighted by atomic mass is 28.1. The van der Waals surface area contributed by atoms with Crippen LogP contribution in [0.1, 0.15) is 5.56 Å². The molecular formula is C8H7O2Si. The molecule has 0 aliphatic carbocycles. The minimum absolute atomic E-state index is 0.133. The monoisotopic (exact) mass is 163 g/mol. The first-order valence-electron chi connectivity index (χ1n) is 3.21. The van der Waals surface area contributed by atoms with Gasteiger partial charge < -0.3 is 9.90 Å². The predicted molar refractivity (Wildman–Crippen MR) is 42.6 cm³/mol. The lowest BCUT2D eigenvalue weighted by atomic mass is 10.1. The van der Waals surface area contributed by atoms with Gasteiger partial charge >= 0.3 is 0 Å². The molecule has 0 aliphatic rings. The molecular weight excluding hydrogens is 156 g/mol. The van der Waals surface area contributed by atoms with Crippen LogP contribution in [0.2, 0.25) is 0 Å². The van der Waals surface area contributed by atoms with Crippen LogP contribution in [-0.4, -0.2) is 20.8 Å². The number of carbonyl (C=O) groups excluding carboxylic acids is 1. The molecule has 11 heavy (non-hydrogen) atoms. The highest BCUT2D eigenvalue weighted by Gasteiger charge is 2.01. The molecule has 0 atom stereocenters. The Morgan fingerprint density at radius 2 is 2.09 bits per heavy atom. The van der Waals surface area contributed by atoms with Gasteiger partial charge in [-0.15, -0.1) is 0 Å². The average Bonchev–Trinajstić information content (AvgIpc) is 1.93. The van der Waals surface area contributed by atoms with E-state index >= 15 is 0 Å². The zero-order valence-electron chi connectivity index (χ0n) is 5.87. The summed E-state index contributed by atoms with van der Waals surface area (Å²) in [7, 11) is 2.84. The van der Waals surface area contributed by atoms with Crippen LogP contribution in [0.4, 0.5) is 0 Å². The number of phenolic OH excluding ortho intramolecular Hbond substituents is 1. The van der Waals surface area contributed by atoms with Gasteiger partial charge in [-0.3, -0.25) is 0 Å². The van der Waals surface area contributed by atoms with Gasteiger partial charge in [0.2, 0.25) is 0 Å². The maximum Gasteiger partial charge on any atom is 0.126 e. The molecule has 0 saturated carbocycles. The van der Waals surface area contributed by atoms with Gasteiger partial charge in [0, 0.05) is 12.0 Å². The smallest absolute Gasteiger partial charge is 0.126 e. The average molecular weight is 163 g/mol. The molecule has 3 radical (unpaired) electrons. The van der Waals surface area contributed by atoms with E-state index in [0.29, 0.717) is 5.56 Å². The lowest BCUT2D eigenvalue weighted by Gasteiger charge is -1.99. The number of hydrogen-bond acceptors (Lipinski definition) is 2. The van der Waals surface area contributed by atoms with Gasteiger partial charge in [-0.2, -0.15) is 0 Å². The normalized spacial score (nSPS) is 9.55. The number of phenols is 1. The molecule has 0 aromatic heterocycles. The molecule has 0 unspecified atom stereocenters. The number of aromatic hydroxyl groups is 1. The van der Waals surface area contributed by atoms with E-state index in [2.05, 4.69) is 10.2 Å². The van der Waals surface area contributed by atoms with Crippen LogP contribution in [0.15, 0.2) is 24.3 Å². The standard InChI is InChI=1S/C8H7O2Si/c9-7-4-2-1-3-6(7)5-8(10)11/h1-4,9H,5H2. The van der Waals surface area contributed by atoms with Crippen molar-refractivity contribution in [3.63, 3.8) is 0 Å². The van der Waals surface area contributed by atoms with E-state index in [1.165, 1.54) is 0 Å². The van der Waals surface area contributed by atoms with Crippen molar-refractivity contribution in [3.05, 3.63) is 29.8 Å². The van der Waals surface area contributed by atoms with Crippen LogP contribution in [-0.2, 0) is 11.2 Å². The van der Waals surface area contributed by atoms with Crippen LogP contribution < -0.4 is 0 Å². The lowest BCUT2D eigenvalue weighted by Crippen LogP contribution is -2.00. The van der Waals surface area contributed by atoms with Gasteiger partial charge in [0.15, 0.2) is 0 Å². The van der Waals surface area contributed by atoms with Crippen molar-refractivity contribution in [1.82, 2.24) is 0 Å². The summed E-state index contributed by atoms with van der Waals surface area (Å²) >= 11 is 0. The summed E-state index contributed by atoms with van der Waals surface area (Å²) in [6.45, 7) is 0. The predicted octanol–water partition coefficient (Wildman–Crippen LogP) is 0.630. The van der Waals surface area contributed by atoms with Gasteiger partial charge in [0.05, 0.1) is 0 Å². The molecule has 1 rings (SSSR count). The molecule has 0 bridgehead atoms. The summed E-state index contributed by atoms with van der Waals surface area (Å²) in [5, 5.41) is 9.05.